The van der Waals surface area contributed by atoms with E-state index in [1.807, 2.05) is 56.3 Å². The molecule has 1 N–H and O–H groups in total. The maximum Gasteiger partial charge on any atom is 0.283 e. The second-order valence-electron chi connectivity index (χ2n) is 5.45. The molecule has 0 unspecified atom stereocenters. The molecule has 2 aromatic carbocycles. The lowest BCUT2D eigenvalue weighted by Gasteiger charge is -2.02. The fraction of sp³-hybridized carbons (Fsp3) is 0.158. The number of hydrogen-bond donors (Lipinski definition) is 1. The molecule has 0 bridgehead atoms. The summed E-state index contributed by atoms with van der Waals surface area (Å²) in [6, 6.07) is 13.4. The summed E-state index contributed by atoms with van der Waals surface area (Å²) in [5.41, 5.74) is 4.52. The predicted molar refractivity (Wildman–Crippen MR) is 104 cm³/mol. The molecular weight excluding hydrogens is 356 g/mol. The van der Waals surface area contributed by atoms with Crippen LogP contribution >= 0.6 is 22.9 Å². The molecule has 4 nitrogen and oxygen atoms in total. The molecule has 3 aromatic rings. The monoisotopic (exact) mass is 372 g/mol. The summed E-state index contributed by atoms with van der Waals surface area (Å²) in [6.45, 7) is 4.57. The number of nitrogens with zero attached hydrogens (tertiary/aromatic N) is 1. The van der Waals surface area contributed by atoms with Crippen molar-refractivity contribution in [2.75, 3.05) is 6.61 Å². The summed E-state index contributed by atoms with van der Waals surface area (Å²) in [5.74, 6) is 0.488. The van der Waals surface area contributed by atoms with Gasteiger partial charge in [0.1, 0.15) is 10.6 Å². The van der Waals surface area contributed by atoms with E-state index in [9.17, 15) is 4.79 Å². The Morgan fingerprint density at radius 2 is 2.04 bits per heavy atom. The average molecular weight is 373 g/mol. The van der Waals surface area contributed by atoms with Gasteiger partial charge in [-0.3, -0.25) is 4.79 Å². The number of thiophene rings is 1. The quantitative estimate of drug-likeness (QED) is 0.504. The third-order valence-corrected chi connectivity index (χ3v) is 5.22. The molecule has 0 atom stereocenters. The maximum atomic E-state index is 12.3. The number of carbonyl (C=O) groups is 1. The number of hydrogen-bond acceptors (Lipinski definition) is 4. The second-order valence-corrected chi connectivity index (χ2v) is 6.88. The first kappa shape index (κ1) is 17.5. The molecule has 0 aliphatic carbocycles. The van der Waals surface area contributed by atoms with Crippen molar-refractivity contribution in [3.63, 3.8) is 0 Å². The SMILES string of the molecule is CCOc1ccc(/C=N/NC(=O)c2sc3cc(C)ccc3c2Cl)cc1. The molecule has 0 radical (unpaired) electrons. The van der Waals surface area contributed by atoms with Gasteiger partial charge in [-0.05, 0) is 55.3 Å². The molecule has 1 aromatic heterocycles. The van der Waals surface area contributed by atoms with Crippen LogP contribution in [0.15, 0.2) is 47.6 Å². The molecule has 3 rings (SSSR count). The Morgan fingerprint density at radius 1 is 1.28 bits per heavy atom. The molecule has 0 aliphatic heterocycles. The Labute approximate surface area is 155 Å². The van der Waals surface area contributed by atoms with Crippen molar-refractivity contribution in [3.05, 3.63) is 63.5 Å². The van der Waals surface area contributed by atoms with E-state index in [1.165, 1.54) is 11.3 Å². The molecule has 0 fully saturated rings. The van der Waals surface area contributed by atoms with Gasteiger partial charge in [-0.25, -0.2) is 5.43 Å². The number of nitrogens with one attached hydrogen (secondary N) is 1. The fourth-order valence-corrected chi connectivity index (χ4v) is 3.86. The van der Waals surface area contributed by atoms with Crippen LogP contribution in [0, 0.1) is 6.92 Å². The molecule has 0 aliphatic rings. The molecule has 25 heavy (non-hydrogen) atoms. The summed E-state index contributed by atoms with van der Waals surface area (Å²) in [4.78, 5) is 12.8. The zero-order chi connectivity index (χ0) is 17.8. The van der Waals surface area contributed by atoms with E-state index in [0.29, 0.717) is 16.5 Å². The van der Waals surface area contributed by atoms with Crippen molar-refractivity contribution >= 4 is 45.1 Å². The van der Waals surface area contributed by atoms with Crippen LogP contribution in [0.2, 0.25) is 5.02 Å². The average Bonchev–Trinajstić information content (AvgIpc) is 2.93. The second kappa shape index (κ2) is 7.68. The Hall–Kier alpha value is -2.37. The molecule has 0 saturated carbocycles. The number of amides is 1. The molecular formula is C19H17ClN2O2S. The summed E-state index contributed by atoms with van der Waals surface area (Å²) < 4.78 is 6.38. The number of ether oxygens (including phenoxy) is 1. The highest BCUT2D eigenvalue weighted by Gasteiger charge is 2.16. The highest BCUT2D eigenvalue weighted by molar-refractivity contribution is 7.21. The standard InChI is InChI=1S/C19H17ClN2O2S/c1-3-24-14-7-5-13(6-8-14)11-21-22-19(23)18-17(20)15-9-4-12(2)10-16(15)25-18/h4-11H,3H2,1-2H3,(H,22,23)/b21-11+. The van der Waals surface area contributed by atoms with Crippen molar-refractivity contribution in [3.8, 4) is 5.75 Å². The third-order valence-electron chi connectivity index (χ3n) is 3.56. The topological polar surface area (TPSA) is 50.7 Å². The number of halogens is 1. The van der Waals surface area contributed by atoms with Gasteiger partial charge in [-0.15, -0.1) is 11.3 Å². The summed E-state index contributed by atoms with van der Waals surface area (Å²) in [6.07, 6.45) is 1.58. The summed E-state index contributed by atoms with van der Waals surface area (Å²) in [5, 5.41) is 5.36. The van der Waals surface area contributed by atoms with Crippen molar-refractivity contribution in [1.82, 2.24) is 5.43 Å². The van der Waals surface area contributed by atoms with Gasteiger partial charge in [0.05, 0.1) is 17.8 Å². The predicted octanol–water partition coefficient (Wildman–Crippen LogP) is 5.03. The molecule has 1 amide bonds. The van der Waals surface area contributed by atoms with Gasteiger partial charge < -0.3 is 4.74 Å². The molecule has 0 spiro atoms. The normalized spacial score (nSPS) is 11.2. The van der Waals surface area contributed by atoms with Crippen molar-refractivity contribution < 1.29 is 9.53 Å². The Balaban J connectivity index is 1.71. The number of carbonyl (C=O) groups excluding carboxylic acids is 1. The maximum absolute atomic E-state index is 12.3. The fourth-order valence-electron chi connectivity index (χ4n) is 2.35. The molecule has 0 saturated heterocycles. The van der Waals surface area contributed by atoms with Crippen LogP contribution in [0.1, 0.15) is 27.7 Å². The first-order chi connectivity index (χ1) is 12.1. The Kier molecular flexibility index (Phi) is 5.36. The lowest BCUT2D eigenvalue weighted by Crippen LogP contribution is -2.16. The Morgan fingerprint density at radius 3 is 2.76 bits per heavy atom. The molecule has 128 valence electrons. The largest absolute Gasteiger partial charge is 0.494 e. The van der Waals surface area contributed by atoms with Crippen LogP contribution in [-0.4, -0.2) is 18.7 Å². The molecule has 6 heteroatoms. The first-order valence-corrected chi connectivity index (χ1v) is 9.03. The number of fused-ring (bicyclic) bond motifs is 1. The van der Waals surface area contributed by atoms with Gasteiger partial charge in [0.2, 0.25) is 0 Å². The highest BCUT2D eigenvalue weighted by atomic mass is 35.5. The number of hydrazone groups is 1. The van der Waals surface area contributed by atoms with Crippen molar-refractivity contribution in [2.45, 2.75) is 13.8 Å². The minimum atomic E-state index is -0.314. The van der Waals surface area contributed by atoms with Crippen LogP contribution in [0.3, 0.4) is 0 Å². The summed E-state index contributed by atoms with van der Waals surface area (Å²) in [7, 11) is 0. The van der Waals surface area contributed by atoms with Crippen LogP contribution in [-0.2, 0) is 0 Å². The van der Waals surface area contributed by atoms with Gasteiger partial charge in [0, 0.05) is 10.1 Å². The lowest BCUT2D eigenvalue weighted by atomic mass is 10.2. The number of benzene rings is 2. The van der Waals surface area contributed by atoms with Crippen LogP contribution in [0.4, 0.5) is 0 Å². The van der Waals surface area contributed by atoms with Gasteiger partial charge in [-0.2, -0.15) is 5.10 Å². The van der Waals surface area contributed by atoms with Gasteiger partial charge in [0.15, 0.2) is 0 Å². The van der Waals surface area contributed by atoms with Crippen molar-refractivity contribution in [2.24, 2.45) is 5.10 Å². The van der Waals surface area contributed by atoms with E-state index in [1.54, 1.807) is 6.21 Å². The van der Waals surface area contributed by atoms with Crippen LogP contribution in [0.5, 0.6) is 5.75 Å². The summed E-state index contributed by atoms with van der Waals surface area (Å²) >= 11 is 7.70. The van der Waals surface area contributed by atoms with E-state index in [0.717, 1.165) is 27.0 Å². The van der Waals surface area contributed by atoms with Gasteiger partial charge in [-0.1, -0.05) is 23.7 Å². The van der Waals surface area contributed by atoms with E-state index >= 15 is 0 Å². The minimum Gasteiger partial charge on any atom is -0.494 e. The smallest absolute Gasteiger partial charge is 0.283 e. The van der Waals surface area contributed by atoms with Crippen LogP contribution in [0.25, 0.3) is 10.1 Å². The first-order valence-electron chi connectivity index (χ1n) is 7.83. The van der Waals surface area contributed by atoms with Crippen LogP contribution < -0.4 is 10.2 Å². The lowest BCUT2D eigenvalue weighted by molar-refractivity contribution is 0.0959. The van der Waals surface area contributed by atoms with E-state index < -0.39 is 0 Å². The number of aryl methyl sites for hydroxylation is 1. The van der Waals surface area contributed by atoms with Crippen molar-refractivity contribution in [1.29, 1.82) is 0 Å². The Bertz CT molecular complexity index is 932. The zero-order valence-corrected chi connectivity index (χ0v) is 15.4. The van der Waals surface area contributed by atoms with E-state index in [2.05, 4.69) is 10.5 Å². The van der Waals surface area contributed by atoms with Gasteiger partial charge >= 0.3 is 0 Å². The number of rotatable bonds is 5. The highest BCUT2D eigenvalue weighted by Crippen LogP contribution is 2.35. The van der Waals surface area contributed by atoms with Gasteiger partial charge in [0.25, 0.3) is 5.91 Å². The zero-order valence-electron chi connectivity index (χ0n) is 13.9. The third kappa shape index (κ3) is 4.00. The van der Waals surface area contributed by atoms with E-state index in [-0.39, 0.29) is 5.91 Å². The molecule has 1 heterocycles. The van der Waals surface area contributed by atoms with E-state index in [4.69, 9.17) is 16.3 Å². The minimum absolute atomic E-state index is 0.314.